The van der Waals surface area contributed by atoms with Gasteiger partial charge in [0.2, 0.25) is 5.91 Å². The average molecular weight is 321 g/mol. The van der Waals surface area contributed by atoms with Crippen LogP contribution in [0, 0.1) is 5.92 Å². The molecular weight excluding hydrogens is 294 g/mol. The van der Waals surface area contributed by atoms with Crippen molar-refractivity contribution >= 4 is 17.8 Å². The van der Waals surface area contributed by atoms with Crippen LogP contribution in [-0.2, 0) is 11.3 Å². The van der Waals surface area contributed by atoms with E-state index in [2.05, 4.69) is 17.3 Å². The predicted octanol–water partition coefficient (Wildman–Crippen LogP) is 2.02. The maximum Gasteiger partial charge on any atom is 0.319 e. The Bertz CT molecular complexity index is 532. The highest BCUT2D eigenvalue weighted by Gasteiger charge is 2.28. The molecule has 1 fully saturated rings. The third-order valence-electron chi connectivity index (χ3n) is 4.21. The fourth-order valence-corrected chi connectivity index (χ4v) is 2.77. The van der Waals surface area contributed by atoms with E-state index < -0.39 is 0 Å². The van der Waals surface area contributed by atoms with Crippen LogP contribution in [0.1, 0.15) is 32.6 Å². The number of hydrogen-bond donors (Lipinski definition) is 1. The molecule has 0 aromatic carbocycles. The number of anilines is 1. The Labute approximate surface area is 137 Å². The number of hydrogen-bond acceptors (Lipinski definition) is 3. The van der Waals surface area contributed by atoms with Gasteiger partial charge in [-0.25, -0.2) is 9.48 Å². The number of carbonyl (C=O) groups excluding carboxylic acids is 2. The lowest BCUT2D eigenvalue weighted by molar-refractivity contribution is -0.121. The van der Waals surface area contributed by atoms with Gasteiger partial charge in [0.05, 0.1) is 6.20 Å². The Morgan fingerprint density at radius 2 is 2.04 bits per heavy atom. The first-order chi connectivity index (χ1) is 11.0. The molecule has 0 spiro atoms. The van der Waals surface area contributed by atoms with Gasteiger partial charge in [-0.05, 0) is 19.3 Å². The minimum atomic E-state index is -0.0456. The van der Waals surface area contributed by atoms with Crippen LogP contribution in [0.3, 0.4) is 0 Å². The standard InChI is InChI=1S/C16H27N5O2/c1-4-5-10-21-14(6-9-17-21)18-15(22)13-7-11-20(12-8-13)16(23)19(2)3/h6,9,13H,4-5,7-8,10-12H2,1-3H3,(H,18,22). The van der Waals surface area contributed by atoms with Crippen molar-refractivity contribution in [2.75, 3.05) is 32.5 Å². The van der Waals surface area contributed by atoms with E-state index in [1.807, 2.05) is 10.7 Å². The van der Waals surface area contributed by atoms with E-state index in [0.29, 0.717) is 25.9 Å². The van der Waals surface area contributed by atoms with Gasteiger partial charge in [-0.3, -0.25) is 4.79 Å². The largest absolute Gasteiger partial charge is 0.331 e. The van der Waals surface area contributed by atoms with Gasteiger partial charge in [-0.2, -0.15) is 5.10 Å². The number of aryl methyl sites for hydroxylation is 1. The lowest BCUT2D eigenvalue weighted by Crippen LogP contribution is -2.45. The molecule has 0 aliphatic carbocycles. The molecule has 128 valence electrons. The fourth-order valence-electron chi connectivity index (χ4n) is 2.77. The lowest BCUT2D eigenvalue weighted by Gasteiger charge is -2.33. The van der Waals surface area contributed by atoms with Crippen LogP contribution in [0.25, 0.3) is 0 Å². The van der Waals surface area contributed by atoms with Crippen LogP contribution in [0.4, 0.5) is 10.6 Å². The van der Waals surface area contributed by atoms with Crippen LogP contribution in [0.5, 0.6) is 0 Å². The maximum absolute atomic E-state index is 12.4. The van der Waals surface area contributed by atoms with Crippen molar-refractivity contribution in [1.82, 2.24) is 19.6 Å². The number of likely N-dealkylation sites (tertiary alicyclic amines) is 1. The lowest BCUT2D eigenvalue weighted by atomic mass is 9.96. The Balaban J connectivity index is 1.86. The summed E-state index contributed by atoms with van der Waals surface area (Å²) in [5.41, 5.74) is 0. The van der Waals surface area contributed by atoms with Crippen molar-refractivity contribution in [3.8, 4) is 0 Å². The number of nitrogens with one attached hydrogen (secondary N) is 1. The van der Waals surface area contributed by atoms with E-state index in [1.165, 1.54) is 0 Å². The smallest absolute Gasteiger partial charge is 0.319 e. The molecule has 1 aliphatic heterocycles. The van der Waals surface area contributed by atoms with Gasteiger partial charge in [-0.15, -0.1) is 0 Å². The minimum absolute atomic E-state index is 0.0153. The van der Waals surface area contributed by atoms with Gasteiger partial charge in [-0.1, -0.05) is 13.3 Å². The Kier molecular flexibility index (Phi) is 6.01. The molecule has 0 radical (unpaired) electrons. The summed E-state index contributed by atoms with van der Waals surface area (Å²) in [6.45, 7) is 4.20. The first-order valence-electron chi connectivity index (χ1n) is 8.31. The second kappa shape index (κ2) is 7.99. The van der Waals surface area contributed by atoms with Crippen molar-refractivity contribution in [2.45, 2.75) is 39.2 Å². The minimum Gasteiger partial charge on any atom is -0.331 e. The number of piperidine rings is 1. The first-order valence-corrected chi connectivity index (χ1v) is 8.31. The zero-order chi connectivity index (χ0) is 16.8. The number of unbranched alkanes of at least 4 members (excludes halogenated alkanes) is 1. The topological polar surface area (TPSA) is 70.5 Å². The summed E-state index contributed by atoms with van der Waals surface area (Å²) in [6, 6.07) is 1.85. The monoisotopic (exact) mass is 321 g/mol. The molecule has 7 heteroatoms. The summed E-state index contributed by atoms with van der Waals surface area (Å²) in [6.07, 6.45) is 5.24. The van der Waals surface area contributed by atoms with Crippen molar-refractivity contribution in [3.05, 3.63) is 12.3 Å². The van der Waals surface area contributed by atoms with E-state index >= 15 is 0 Å². The Morgan fingerprint density at radius 1 is 1.35 bits per heavy atom. The number of urea groups is 1. The molecule has 1 aromatic rings. The van der Waals surface area contributed by atoms with Gasteiger partial charge in [0, 0.05) is 45.7 Å². The number of aromatic nitrogens is 2. The Hall–Kier alpha value is -2.05. The highest BCUT2D eigenvalue weighted by molar-refractivity contribution is 5.92. The Morgan fingerprint density at radius 3 is 2.65 bits per heavy atom. The number of carbonyl (C=O) groups is 2. The fraction of sp³-hybridized carbons (Fsp3) is 0.688. The van der Waals surface area contributed by atoms with Crippen molar-refractivity contribution in [2.24, 2.45) is 5.92 Å². The van der Waals surface area contributed by atoms with Crippen LogP contribution in [-0.4, -0.2) is 58.7 Å². The first kappa shape index (κ1) is 17.3. The molecule has 1 N–H and O–H groups in total. The van der Waals surface area contributed by atoms with E-state index in [9.17, 15) is 9.59 Å². The SMILES string of the molecule is CCCCn1nccc1NC(=O)C1CCN(C(=O)N(C)C)CC1. The molecule has 23 heavy (non-hydrogen) atoms. The third kappa shape index (κ3) is 4.46. The van der Waals surface area contributed by atoms with Crippen molar-refractivity contribution in [3.63, 3.8) is 0 Å². The van der Waals surface area contributed by atoms with Gasteiger partial charge >= 0.3 is 6.03 Å². The zero-order valence-electron chi connectivity index (χ0n) is 14.3. The third-order valence-corrected chi connectivity index (χ3v) is 4.21. The molecule has 1 aliphatic rings. The maximum atomic E-state index is 12.4. The van der Waals surface area contributed by atoms with E-state index in [-0.39, 0.29) is 17.9 Å². The molecule has 7 nitrogen and oxygen atoms in total. The summed E-state index contributed by atoms with van der Waals surface area (Å²) in [7, 11) is 3.50. The normalized spacial score (nSPS) is 15.5. The highest BCUT2D eigenvalue weighted by Crippen LogP contribution is 2.20. The molecule has 0 bridgehead atoms. The van der Waals surface area contributed by atoms with Crippen LogP contribution >= 0.6 is 0 Å². The van der Waals surface area contributed by atoms with Crippen LogP contribution in [0.2, 0.25) is 0 Å². The molecule has 0 unspecified atom stereocenters. The number of amides is 3. The van der Waals surface area contributed by atoms with Crippen molar-refractivity contribution < 1.29 is 9.59 Å². The zero-order valence-corrected chi connectivity index (χ0v) is 14.3. The molecule has 3 amide bonds. The molecule has 0 atom stereocenters. The quantitative estimate of drug-likeness (QED) is 0.902. The van der Waals surface area contributed by atoms with E-state index in [0.717, 1.165) is 25.2 Å². The average Bonchev–Trinajstić information content (AvgIpc) is 2.99. The van der Waals surface area contributed by atoms with Crippen LogP contribution in [0.15, 0.2) is 12.3 Å². The second-order valence-electron chi connectivity index (χ2n) is 6.22. The number of rotatable bonds is 5. The summed E-state index contributed by atoms with van der Waals surface area (Å²) in [4.78, 5) is 27.7. The van der Waals surface area contributed by atoms with Gasteiger partial charge in [0.25, 0.3) is 0 Å². The van der Waals surface area contributed by atoms with Gasteiger partial charge in [0.1, 0.15) is 5.82 Å². The molecule has 2 heterocycles. The second-order valence-corrected chi connectivity index (χ2v) is 6.22. The molecule has 2 rings (SSSR count). The van der Waals surface area contributed by atoms with Gasteiger partial charge < -0.3 is 15.1 Å². The van der Waals surface area contributed by atoms with Crippen molar-refractivity contribution in [1.29, 1.82) is 0 Å². The molecule has 1 aromatic heterocycles. The molecular formula is C16H27N5O2. The highest BCUT2D eigenvalue weighted by atomic mass is 16.2. The number of nitrogens with zero attached hydrogens (tertiary/aromatic N) is 4. The van der Waals surface area contributed by atoms with Crippen LogP contribution < -0.4 is 5.32 Å². The summed E-state index contributed by atoms with van der Waals surface area (Å²) < 4.78 is 1.84. The van der Waals surface area contributed by atoms with E-state index in [4.69, 9.17) is 0 Å². The predicted molar refractivity (Wildman–Crippen MR) is 89.1 cm³/mol. The van der Waals surface area contributed by atoms with E-state index in [1.54, 1.807) is 30.1 Å². The summed E-state index contributed by atoms with van der Waals surface area (Å²) in [5, 5.41) is 7.23. The summed E-state index contributed by atoms with van der Waals surface area (Å²) >= 11 is 0. The van der Waals surface area contributed by atoms with Gasteiger partial charge in [0.15, 0.2) is 0 Å². The molecule has 0 saturated carbocycles. The summed E-state index contributed by atoms with van der Waals surface area (Å²) in [5.74, 6) is 0.742. The molecule has 1 saturated heterocycles.